The zero-order valence-electron chi connectivity index (χ0n) is 29.5. The Morgan fingerprint density at radius 1 is 0.980 bits per heavy atom. The highest BCUT2D eigenvalue weighted by Crippen LogP contribution is 2.22. The average Bonchev–Trinajstić information content (AvgIpc) is 3.69. The molecule has 0 aliphatic carbocycles. The van der Waals surface area contributed by atoms with Gasteiger partial charge >= 0.3 is 5.97 Å². The van der Waals surface area contributed by atoms with Gasteiger partial charge in [-0.15, -0.1) is 0 Å². The van der Waals surface area contributed by atoms with Crippen LogP contribution in [0.5, 0.6) is 0 Å². The largest absolute Gasteiger partial charge is 0.461 e. The summed E-state index contributed by atoms with van der Waals surface area (Å²) in [6.07, 6.45) is 0.960. The summed E-state index contributed by atoms with van der Waals surface area (Å²) in [5, 5.41) is 16.7. The van der Waals surface area contributed by atoms with Crippen LogP contribution in [0.4, 0.5) is 0 Å². The van der Waals surface area contributed by atoms with Gasteiger partial charge in [-0.25, -0.2) is 0 Å². The first-order valence-electron chi connectivity index (χ1n) is 16.9. The minimum absolute atomic E-state index is 0.00707. The third-order valence-corrected chi connectivity index (χ3v) is 8.84. The molecule has 3 rings (SSSR count). The molecule has 0 bridgehead atoms. The van der Waals surface area contributed by atoms with Gasteiger partial charge in [0, 0.05) is 29.8 Å². The van der Waals surface area contributed by atoms with Crippen molar-refractivity contribution >= 4 is 48.1 Å². The number of esters is 1. The summed E-state index contributed by atoms with van der Waals surface area (Å²) in [7, 11) is 0. The lowest BCUT2D eigenvalue weighted by molar-refractivity contribution is -0.145. The van der Waals surface area contributed by atoms with Crippen LogP contribution in [-0.2, 0) is 35.3 Å². The van der Waals surface area contributed by atoms with Crippen molar-refractivity contribution in [2.45, 2.75) is 103 Å². The van der Waals surface area contributed by atoms with Gasteiger partial charge in [-0.05, 0) is 50.5 Å². The molecule has 1 fully saturated rings. The lowest BCUT2D eigenvalue weighted by Crippen LogP contribution is -2.59. The SMILES string of the molecule is Cc1cc(C(=O)N[C@@H](C)C(=O)N[C@H](C(=O)N[C@@H](CC(C)C)C(=O)N[C@@H](C[C@@H]2CCNC2=O)[C@@H](S)CC(=O)OCc2ccccc2)C(C)C)no1. The second kappa shape index (κ2) is 19.1. The van der Waals surface area contributed by atoms with E-state index in [1.807, 2.05) is 44.2 Å². The average molecular weight is 715 g/mol. The zero-order valence-corrected chi connectivity index (χ0v) is 30.4. The van der Waals surface area contributed by atoms with Crippen LogP contribution in [0.25, 0.3) is 0 Å². The highest BCUT2D eigenvalue weighted by atomic mass is 32.1. The van der Waals surface area contributed by atoms with E-state index in [-0.39, 0.29) is 55.2 Å². The fraction of sp³-hybridized carbons (Fsp3) is 0.571. The fourth-order valence-electron chi connectivity index (χ4n) is 5.47. The maximum atomic E-state index is 13.8. The molecule has 1 aliphatic rings. The minimum Gasteiger partial charge on any atom is -0.461 e. The molecule has 0 saturated carbocycles. The lowest BCUT2D eigenvalue weighted by atomic mass is 9.94. The van der Waals surface area contributed by atoms with Gasteiger partial charge in [0.15, 0.2) is 5.69 Å². The number of ether oxygens (including phenoxy) is 1. The smallest absolute Gasteiger partial charge is 0.307 e. The first-order valence-corrected chi connectivity index (χ1v) is 17.5. The summed E-state index contributed by atoms with van der Waals surface area (Å²) < 4.78 is 10.4. The summed E-state index contributed by atoms with van der Waals surface area (Å²) in [5.41, 5.74) is 0.843. The van der Waals surface area contributed by atoms with E-state index in [1.165, 1.54) is 13.0 Å². The molecule has 1 aliphatic heterocycles. The molecular formula is C35H50N6O8S. The number of benzene rings is 1. The van der Waals surface area contributed by atoms with Crippen molar-refractivity contribution in [1.82, 2.24) is 31.7 Å². The number of carbonyl (C=O) groups is 6. The van der Waals surface area contributed by atoms with Crippen LogP contribution in [0.3, 0.4) is 0 Å². The maximum Gasteiger partial charge on any atom is 0.307 e. The molecule has 0 unspecified atom stereocenters. The van der Waals surface area contributed by atoms with E-state index < -0.39 is 59.0 Å². The molecule has 2 aromatic rings. The Morgan fingerprint density at radius 2 is 1.68 bits per heavy atom. The Bertz CT molecular complexity index is 1480. The summed E-state index contributed by atoms with van der Waals surface area (Å²) in [6, 6.07) is 6.91. The molecule has 5 N–H and O–H groups in total. The van der Waals surface area contributed by atoms with E-state index in [0.717, 1.165) is 5.56 Å². The molecule has 14 nitrogen and oxygen atoms in total. The number of amides is 5. The summed E-state index contributed by atoms with van der Waals surface area (Å²) in [6.45, 7) is 11.0. The molecule has 1 aromatic heterocycles. The number of carbonyl (C=O) groups excluding carboxylic acids is 6. The minimum atomic E-state index is -1.03. The van der Waals surface area contributed by atoms with Gasteiger partial charge in [0.2, 0.25) is 23.6 Å². The third-order valence-electron chi connectivity index (χ3n) is 8.30. The molecule has 1 aromatic carbocycles. The highest BCUT2D eigenvalue weighted by Gasteiger charge is 2.35. The Kier molecular flexibility index (Phi) is 15.3. The molecule has 0 radical (unpaired) electrons. The van der Waals surface area contributed by atoms with Crippen molar-refractivity contribution in [3.63, 3.8) is 0 Å². The van der Waals surface area contributed by atoms with Gasteiger partial charge in [-0.1, -0.05) is 63.2 Å². The number of aryl methyl sites for hydroxylation is 1. The quantitative estimate of drug-likeness (QED) is 0.0991. The van der Waals surface area contributed by atoms with E-state index in [0.29, 0.717) is 18.7 Å². The molecule has 6 atom stereocenters. The molecular weight excluding hydrogens is 664 g/mol. The predicted octanol–water partition coefficient (Wildman–Crippen LogP) is 2.22. The monoisotopic (exact) mass is 714 g/mol. The number of nitrogens with zero attached hydrogens (tertiary/aromatic N) is 1. The number of aromatic nitrogens is 1. The molecule has 15 heteroatoms. The van der Waals surface area contributed by atoms with Gasteiger partial charge < -0.3 is 35.8 Å². The zero-order chi connectivity index (χ0) is 37.0. The standard InChI is InChI=1S/C35H50N6O8S/c1-19(2)14-26(39-35(47)30(20(3)4)40-31(43)22(6)37-34(46)27-15-21(5)49-41-27)33(45)38-25(16-24-12-13-36-32(24)44)28(50)17-29(42)48-18-23-10-8-7-9-11-23/h7-11,15,19-20,22,24-26,28,30,50H,12-14,16-18H2,1-6H3,(H,36,44)(H,37,46)(H,38,45)(H,39,47)(H,40,43)/t22-,24-,25-,26-,28-,30-/m0/s1. The molecule has 50 heavy (non-hydrogen) atoms. The Balaban J connectivity index is 1.69. The van der Waals surface area contributed by atoms with E-state index in [2.05, 4.69) is 44.4 Å². The van der Waals surface area contributed by atoms with E-state index in [4.69, 9.17) is 9.26 Å². The van der Waals surface area contributed by atoms with E-state index >= 15 is 0 Å². The Labute approximate surface area is 298 Å². The number of thiol groups is 1. The molecule has 0 spiro atoms. The van der Waals surface area contributed by atoms with Crippen molar-refractivity contribution < 1.29 is 38.0 Å². The molecule has 1 saturated heterocycles. The van der Waals surface area contributed by atoms with Crippen molar-refractivity contribution in [3.8, 4) is 0 Å². The van der Waals surface area contributed by atoms with Crippen LogP contribution < -0.4 is 26.6 Å². The Morgan fingerprint density at radius 3 is 2.26 bits per heavy atom. The van der Waals surface area contributed by atoms with Crippen molar-refractivity contribution in [1.29, 1.82) is 0 Å². The number of rotatable bonds is 18. The first kappa shape index (κ1) is 40.0. The van der Waals surface area contributed by atoms with Crippen LogP contribution in [0.2, 0.25) is 0 Å². The van der Waals surface area contributed by atoms with Crippen molar-refractivity contribution in [2.24, 2.45) is 17.8 Å². The second-order valence-corrected chi connectivity index (χ2v) is 14.1. The van der Waals surface area contributed by atoms with E-state index in [1.54, 1.807) is 20.8 Å². The fourth-order valence-corrected chi connectivity index (χ4v) is 5.81. The van der Waals surface area contributed by atoms with E-state index in [9.17, 15) is 28.8 Å². The van der Waals surface area contributed by atoms with Crippen LogP contribution in [0.1, 0.15) is 82.1 Å². The predicted molar refractivity (Wildman–Crippen MR) is 188 cm³/mol. The van der Waals surface area contributed by atoms with Crippen LogP contribution in [0, 0.1) is 24.7 Å². The Hall–Kier alpha value is -4.40. The normalized spacial score (nSPS) is 17.2. The van der Waals surface area contributed by atoms with Crippen LogP contribution >= 0.6 is 12.6 Å². The first-order chi connectivity index (χ1) is 23.6. The van der Waals surface area contributed by atoms with Crippen molar-refractivity contribution in [3.05, 3.63) is 53.4 Å². The molecule has 274 valence electrons. The van der Waals surface area contributed by atoms with Gasteiger partial charge in [0.05, 0.1) is 6.42 Å². The summed E-state index contributed by atoms with van der Waals surface area (Å²) in [4.78, 5) is 78.2. The number of hydrogen-bond donors (Lipinski definition) is 6. The van der Waals surface area contributed by atoms with Gasteiger partial charge in [-0.3, -0.25) is 28.8 Å². The van der Waals surface area contributed by atoms with Gasteiger partial charge in [-0.2, -0.15) is 12.6 Å². The van der Waals surface area contributed by atoms with Crippen LogP contribution in [0.15, 0.2) is 40.9 Å². The lowest BCUT2D eigenvalue weighted by Gasteiger charge is -2.30. The molecule has 2 heterocycles. The summed E-state index contributed by atoms with van der Waals surface area (Å²) >= 11 is 4.67. The summed E-state index contributed by atoms with van der Waals surface area (Å²) in [5.74, 6) is -3.29. The second-order valence-electron chi connectivity index (χ2n) is 13.5. The molecule has 5 amide bonds. The maximum absolute atomic E-state index is 13.8. The third kappa shape index (κ3) is 12.5. The van der Waals surface area contributed by atoms with Gasteiger partial charge in [0.25, 0.3) is 5.91 Å². The van der Waals surface area contributed by atoms with Gasteiger partial charge in [0.1, 0.15) is 30.5 Å². The number of hydrogen-bond acceptors (Lipinski definition) is 10. The highest BCUT2D eigenvalue weighted by molar-refractivity contribution is 7.81. The number of nitrogens with one attached hydrogen (secondary N) is 5. The van der Waals surface area contributed by atoms with Crippen LogP contribution in [-0.4, -0.2) is 76.6 Å². The van der Waals surface area contributed by atoms with Crippen molar-refractivity contribution in [2.75, 3.05) is 6.54 Å². The topological polar surface area (TPSA) is 198 Å².